The standard InChI is InChI=1S/C14H14BrFN2O2S/c1-8-6-7-12(17)14(9(8)2)21(19,20)18-13-10(15)4-3-5-11(13)16/h3-7,18H,17H2,1-2H3. The molecule has 0 saturated heterocycles. The summed E-state index contributed by atoms with van der Waals surface area (Å²) in [6.07, 6.45) is 0. The molecule has 0 saturated carbocycles. The van der Waals surface area contributed by atoms with Crippen molar-refractivity contribution in [3.05, 3.63) is 51.7 Å². The summed E-state index contributed by atoms with van der Waals surface area (Å²) in [5, 5.41) is 0. The van der Waals surface area contributed by atoms with Crippen LogP contribution in [0.4, 0.5) is 15.8 Å². The van der Waals surface area contributed by atoms with Crippen LogP contribution in [0.15, 0.2) is 39.7 Å². The zero-order valence-electron chi connectivity index (χ0n) is 11.4. The van der Waals surface area contributed by atoms with Gasteiger partial charge in [0.25, 0.3) is 10.0 Å². The van der Waals surface area contributed by atoms with Crippen LogP contribution in [0.3, 0.4) is 0 Å². The number of rotatable bonds is 3. The first-order valence-corrected chi connectivity index (χ1v) is 8.34. The van der Waals surface area contributed by atoms with Crippen LogP contribution in [0.25, 0.3) is 0 Å². The van der Waals surface area contributed by atoms with Crippen molar-refractivity contribution in [3.63, 3.8) is 0 Å². The van der Waals surface area contributed by atoms with E-state index in [0.29, 0.717) is 10.0 Å². The number of nitrogens with two attached hydrogens (primary N) is 1. The summed E-state index contributed by atoms with van der Waals surface area (Å²) in [4.78, 5) is -0.0300. The molecule has 0 bridgehead atoms. The lowest BCUT2D eigenvalue weighted by molar-refractivity contribution is 0.598. The first-order valence-electron chi connectivity index (χ1n) is 6.06. The minimum absolute atomic E-state index is 0.0300. The monoisotopic (exact) mass is 372 g/mol. The Kier molecular flexibility index (Phi) is 4.25. The van der Waals surface area contributed by atoms with Crippen LogP contribution in [-0.2, 0) is 10.0 Å². The molecule has 0 atom stereocenters. The first-order chi connectivity index (χ1) is 9.74. The molecule has 0 aliphatic rings. The molecule has 0 aromatic heterocycles. The van der Waals surface area contributed by atoms with Crippen LogP contribution in [0.1, 0.15) is 11.1 Å². The highest BCUT2D eigenvalue weighted by Crippen LogP contribution is 2.31. The van der Waals surface area contributed by atoms with Gasteiger partial charge in [0, 0.05) is 4.47 Å². The molecule has 2 rings (SSSR count). The number of anilines is 2. The van der Waals surface area contributed by atoms with Crippen molar-refractivity contribution in [3.8, 4) is 0 Å². The lowest BCUT2D eigenvalue weighted by Gasteiger charge is -2.15. The molecule has 0 unspecified atom stereocenters. The summed E-state index contributed by atoms with van der Waals surface area (Å²) in [5.74, 6) is -0.670. The Morgan fingerprint density at radius 3 is 2.48 bits per heavy atom. The Bertz CT molecular complexity index is 787. The molecular weight excluding hydrogens is 359 g/mol. The third-order valence-corrected chi connectivity index (χ3v) is 5.39. The van der Waals surface area contributed by atoms with Crippen molar-refractivity contribution < 1.29 is 12.8 Å². The normalized spacial score (nSPS) is 11.4. The number of hydrogen-bond donors (Lipinski definition) is 2. The van der Waals surface area contributed by atoms with Crippen molar-refractivity contribution in [1.29, 1.82) is 0 Å². The maximum absolute atomic E-state index is 13.8. The third-order valence-electron chi connectivity index (χ3n) is 3.18. The Morgan fingerprint density at radius 2 is 1.86 bits per heavy atom. The van der Waals surface area contributed by atoms with E-state index in [2.05, 4.69) is 20.7 Å². The number of nitrogens with one attached hydrogen (secondary N) is 1. The molecule has 2 aromatic rings. The zero-order valence-corrected chi connectivity index (χ0v) is 13.8. The molecule has 21 heavy (non-hydrogen) atoms. The predicted molar refractivity (Wildman–Crippen MR) is 85.2 cm³/mol. The fourth-order valence-electron chi connectivity index (χ4n) is 1.95. The molecule has 0 amide bonds. The molecule has 0 aliphatic heterocycles. The van der Waals surface area contributed by atoms with Gasteiger partial charge in [0.05, 0.1) is 11.4 Å². The Morgan fingerprint density at radius 1 is 1.19 bits per heavy atom. The molecule has 0 aliphatic carbocycles. The molecule has 0 fully saturated rings. The highest BCUT2D eigenvalue weighted by atomic mass is 79.9. The van der Waals surface area contributed by atoms with Gasteiger partial charge >= 0.3 is 0 Å². The van der Waals surface area contributed by atoms with Crippen LogP contribution < -0.4 is 10.5 Å². The third kappa shape index (κ3) is 3.03. The van der Waals surface area contributed by atoms with Gasteiger partial charge in [-0.3, -0.25) is 4.72 Å². The summed E-state index contributed by atoms with van der Waals surface area (Å²) in [6, 6.07) is 7.46. The van der Waals surface area contributed by atoms with E-state index in [9.17, 15) is 12.8 Å². The molecular formula is C14H14BrFN2O2S. The maximum atomic E-state index is 13.8. The second kappa shape index (κ2) is 5.65. The van der Waals surface area contributed by atoms with Gasteiger partial charge in [-0.2, -0.15) is 0 Å². The van der Waals surface area contributed by atoms with Crippen molar-refractivity contribution in [1.82, 2.24) is 0 Å². The molecule has 7 heteroatoms. The summed E-state index contributed by atoms with van der Waals surface area (Å²) >= 11 is 3.13. The average Bonchev–Trinajstić information content (AvgIpc) is 2.39. The topological polar surface area (TPSA) is 72.2 Å². The van der Waals surface area contributed by atoms with Crippen molar-refractivity contribution in [2.24, 2.45) is 0 Å². The minimum atomic E-state index is -3.99. The molecule has 4 nitrogen and oxygen atoms in total. The van der Waals surface area contributed by atoms with Gasteiger partial charge in [-0.15, -0.1) is 0 Å². The second-order valence-electron chi connectivity index (χ2n) is 4.63. The number of halogens is 2. The number of aryl methyl sites for hydroxylation is 1. The number of hydrogen-bond acceptors (Lipinski definition) is 3. The van der Waals surface area contributed by atoms with Crippen molar-refractivity contribution in [2.75, 3.05) is 10.5 Å². The van der Waals surface area contributed by atoms with Crippen molar-refractivity contribution >= 4 is 37.3 Å². The molecule has 3 N–H and O–H groups in total. The minimum Gasteiger partial charge on any atom is -0.398 e. The Hall–Kier alpha value is -1.60. The maximum Gasteiger partial charge on any atom is 0.264 e. The number of nitrogen functional groups attached to an aromatic ring is 1. The quantitative estimate of drug-likeness (QED) is 0.808. The number of benzene rings is 2. The number of sulfonamides is 1. The fourth-order valence-corrected chi connectivity index (χ4v) is 4.04. The van der Waals surface area contributed by atoms with Gasteiger partial charge in [-0.05, 0) is 59.1 Å². The second-order valence-corrected chi connectivity index (χ2v) is 7.10. The van der Waals surface area contributed by atoms with Crippen LogP contribution in [-0.4, -0.2) is 8.42 Å². The van der Waals surface area contributed by atoms with E-state index in [4.69, 9.17) is 5.73 Å². The van der Waals surface area contributed by atoms with E-state index in [1.54, 1.807) is 26.0 Å². The lowest BCUT2D eigenvalue weighted by atomic mass is 10.1. The van der Waals surface area contributed by atoms with Crippen LogP contribution in [0.2, 0.25) is 0 Å². The zero-order chi connectivity index (χ0) is 15.8. The first kappa shape index (κ1) is 15.8. The van der Waals surface area contributed by atoms with E-state index in [0.717, 1.165) is 5.56 Å². The summed E-state index contributed by atoms with van der Waals surface area (Å²) in [7, 11) is -3.99. The lowest BCUT2D eigenvalue weighted by Crippen LogP contribution is -2.18. The molecule has 0 heterocycles. The summed E-state index contributed by atoms with van der Waals surface area (Å²) < 4.78 is 41.4. The van der Waals surface area contributed by atoms with Gasteiger partial charge in [-0.1, -0.05) is 12.1 Å². The van der Waals surface area contributed by atoms with E-state index < -0.39 is 15.8 Å². The molecule has 112 valence electrons. The van der Waals surface area contributed by atoms with Gasteiger partial charge in [-0.25, -0.2) is 12.8 Å². The smallest absolute Gasteiger partial charge is 0.264 e. The highest BCUT2D eigenvalue weighted by molar-refractivity contribution is 9.10. The van der Waals surface area contributed by atoms with Gasteiger partial charge < -0.3 is 5.73 Å². The van der Waals surface area contributed by atoms with E-state index in [1.165, 1.54) is 18.2 Å². The SMILES string of the molecule is Cc1ccc(N)c(S(=O)(=O)Nc2c(F)cccc2Br)c1C. The van der Waals surface area contributed by atoms with Crippen LogP contribution in [0, 0.1) is 19.7 Å². The van der Waals surface area contributed by atoms with Gasteiger partial charge in [0.2, 0.25) is 0 Å². The fraction of sp³-hybridized carbons (Fsp3) is 0.143. The van der Waals surface area contributed by atoms with Crippen molar-refractivity contribution in [2.45, 2.75) is 18.7 Å². The van der Waals surface area contributed by atoms with E-state index in [-0.39, 0.29) is 16.3 Å². The Labute approximate surface area is 131 Å². The van der Waals surface area contributed by atoms with Crippen LogP contribution >= 0.6 is 15.9 Å². The largest absolute Gasteiger partial charge is 0.398 e. The molecule has 0 spiro atoms. The average molecular weight is 373 g/mol. The van der Waals surface area contributed by atoms with E-state index in [1.807, 2.05) is 0 Å². The molecule has 0 radical (unpaired) electrons. The van der Waals surface area contributed by atoms with Gasteiger partial charge in [0.1, 0.15) is 10.7 Å². The predicted octanol–water partition coefficient (Wildman–Crippen LogP) is 3.59. The van der Waals surface area contributed by atoms with Gasteiger partial charge in [0.15, 0.2) is 0 Å². The summed E-state index contributed by atoms with van der Waals surface area (Å²) in [5.41, 5.74) is 7.09. The molecule has 2 aromatic carbocycles. The van der Waals surface area contributed by atoms with E-state index >= 15 is 0 Å². The highest BCUT2D eigenvalue weighted by Gasteiger charge is 2.23. The number of para-hydroxylation sites is 1. The Balaban J connectivity index is 2.57. The summed E-state index contributed by atoms with van der Waals surface area (Å²) in [6.45, 7) is 3.45. The van der Waals surface area contributed by atoms with Crippen LogP contribution in [0.5, 0.6) is 0 Å².